The lowest BCUT2D eigenvalue weighted by Crippen LogP contribution is -2.51. The summed E-state index contributed by atoms with van der Waals surface area (Å²) in [6.45, 7) is 4.45. The first kappa shape index (κ1) is 20.8. The minimum atomic E-state index is -0.316. The van der Waals surface area contributed by atoms with Crippen LogP contribution in [0, 0.1) is 5.82 Å². The number of urea groups is 1. The van der Waals surface area contributed by atoms with Gasteiger partial charge in [0, 0.05) is 51.5 Å². The van der Waals surface area contributed by atoms with Crippen LogP contribution in [0.15, 0.2) is 72.9 Å². The maximum atomic E-state index is 13.0. The molecule has 1 N–H and O–H groups in total. The lowest BCUT2D eigenvalue weighted by Gasteiger charge is -2.34. The van der Waals surface area contributed by atoms with E-state index in [2.05, 4.69) is 39.5 Å². The number of benzene rings is 2. The zero-order valence-electron chi connectivity index (χ0n) is 17.2. The van der Waals surface area contributed by atoms with E-state index in [-0.39, 0.29) is 11.8 Å². The van der Waals surface area contributed by atoms with Crippen LogP contribution in [-0.2, 0) is 13.1 Å². The summed E-state index contributed by atoms with van der Waals surface area (Å²) in [6, 6.07) is 19.7. The van der Waals surface area contributed by atoms with Crippen LogP contribution in [0.25, 0.3) is 0 Å². The number of ether oxygens (including phenoxy) is 1. The van der Waals surface area contributed by atoms with Crippen molar-refractivity contribution in [3.8, 4) is 11.6 Å². The first-order valence-corrected chi connectivity index (χ1v) is 10.3. The Labute approximate surface area is 181 Å². The van der Waals surface area contributed by atoms with Crippen molar-refractivity contribution < 1.29 is 13.9 Å². The van der Waals surface area contributed by atoms with E-state index in [0.29, 0.717) is 31.3 Å². The summed E-state index contributed by atoms with van der Waals surface area (Å²) in [6.07, 6.45) is 1.66. The third-order valence-electron chi connectivity index (χ3n) is 5.19. The van der Waals surface area contributed by atoms with E-state index in [0.717, 1.165) is 25.2 Å². The van der Waals surface area contributed by atoms with E-state index in [4.69, 9.17) is 4.74 Å². The number of aromatic nitrogens is 1. The van der Waals surface area contributed by atoms with Crippen molar-refractivity contribution in [2.24, 2.45) is 0 Å². The Balaban J connectivity index is 1.20. The number of pyridine rings is 1. The second-order valence-corrected chi connectivity index (χ2v) is 7.47. The van der Waals surface area contributed by atoms with E-state index in [9.17, 15) is 9.18 Å². The molecule has 0 bridgehead atoms. The van der Waals surface area contributed by atoms with E-state index in [1.807, 2.05) is 17.0 Å². The summed E-state index contributed by atoms with van der Waals surface area (Å²) in [4.78, 5) is 21.0. The molecule has 160 valence electrons. The third kappa shape index (κ3) is 6.02. The zero-order valence-corrected chi connectivity index (χ0v) is 17.2. The molecule has 1 aliphatic heterocycles. The maximum absolute atomic E-state index is 13.0. The molecule has 2 heterocycles. The predicted octanol–water partition coefficient (Wildman–Crippen LogP) is 4.04. The van der Waals surface area contributed by atoms with Crippen LogP contribution in [0.4, 0.5) is 9.18 Å². The molecule has 2 amide bonds. The lowest BCUT2D eigenvalue weighted by atomic mass is 10.2. The topological polar surface area (TPSA) is 57.7 Å². The van der Waals surface area contributed by atoms with Gasteiger partial charge in [0.05, 0.1) is 0 Å². The van der Waals surface area contributed by atoms with Gasteiger partial charge in [0.15, 0.2) is 0 Å². The highest BCUT2D eigenvalue weighted by atomic mass is 19.1. The first-order valence-electron chi connectivity index (χ1n) is 10.3. The summed E-state index contributed by atoms with van der Waals surface area (Å²) < 4.78 is 18.5. The number of piperazine rings is 1. The van der Waals surface area contributed by atoms with Crippen LogP contribution in [0.1, 0.15) is 11.1 Å². The molecule has 0 spiro atoms. The monoisotopic (exact) mass is 420 g/mol. The molecule has 0 aliphatic carbocycles. The van der Waals surface area contributed by atoms with Crippen molar-refractivity contribution in [1.82, 2.24) is 20.1 Å². The molecule has 31 heavy (non-hydrogen) atoms. The SMILES string of the molecule is O=C(NCc1ccc(Oc2ccc(F)cc2)nc1)N1CCN(Cc2ccccc2)CC1. The Hall–Kier alpha value is -3.45. The van der Waals surface area contributed by atoms with Gasteiger partial charge in [0.1, 0.15) is 11.6 Å². The van der Waals surface area contributed by atoms with Crippen molar-refractivity contribution in [2.45, 2.75) is 13.1 Å². The lowest BCUT2D eigenvalue weighted by molar-refractivity contribution is 0.135. The molecule has 1 saturated heterocycles. The summed E-state index contributed by atoms with van der Waals surface area (Å²) in [5, 5.41) is 2.95. The first-order chi connectivity index (χ1) is 15.2. The Morgan fingerprint density at radius 1 is 0.935 bits per heavy atom. The number of hydrogen-bond donors (Lipinski definition) is 1. The standard InChI is InChI=1S/C24H25FN4O2/c25-21-7-9-22(10-8-21)31-23-11-6-20(16-26-23)17-27-24(30)29-14-12-28(13-15-29)18-19-4-2-1-3-5-19/h1-11,16H,12-15,17-18H2,(H,27,30). The van der Waals surface area contributed by atoms with E-state index in [1.165, 1.54) is 17.7 Å². The second kappa shape index (κ2) is 10.0. The number of carbonyl (C=O) groups is 1. The van der Waals surface area contributed by atoms with Gasteiger partial charge < -0.3 is 15.0 Å². The molecule has 3 aromatic rings. The number of amides is 2. The van der Waals surface area contributed by atoms with Gasteiger partial charge in [0.2, 0.25) is 5.88 Å². The highest BCUT2D eigenvalue weighted by Crippen LogP contribution is 2.19. The summed E-state index contributed by atoms with van der Waals surface area (Å²) >= 11 is 0. The number of nitrogens with zero attached hydrogens (tertiary/aromatic N) is 3. The number of rotatable bonds is 6. The van der Waals surface area contributed by atoms with Gasteiger partial charge in [-0.05, 0) is 35.4 Å². The summed E-state index contributed by atoms with van der Waals surface area (Å²) in [5.74, 6) is 0.613. The molecule has 0 saturated carbocycles. The van der Waals surface area contributed by atoms with Crippen molar-refractivity contribution in [2.75, 3.05) is 26.2 Å². The predicted molar refractivity (Wildman–Crippen MR) is 116 cm³/mol. The normalized spacial score (nSPS) is 14.3. The Morgan fingerprint density at radius 3 is 2.35 bits per heavy atom. The number of nitrogens with one attached hydrogen (secondary N) is 1. The average molecular weight is 420 g/mol. The Morgan fingerprint density at radius 2 is 1.68 bits per heavy atom. The van der Waals surface area contributed by atoms with Crippen molar-refractivity contribution in [3.05, 3.63) is 89.9 Å². The molecule has 6 nitrogen and oxygen atoms in total. The van der Waals surface area contributed by atoms with Crippen LogP contribution < -0.4 is 10.1 Å². The summed E-state index contributed by atoms with van der Waals surface area (Å²) in [7, 11) is 0. The van der Waals surface area contributed by atoms with Crippen LogP contribution in [0.5, 0.6) is 11.6 Å². The van der Waals surface area contributed by atoms with Gasteiger partial charge in [0.25, 0.3) is 0 Å². The molecule has 1 aromatic heterocycles. The molecular formula is C24H25FN4O2. The maximum Gasteiger partial charge on any atom is 0.317 e. The Kier molecular flexibility index (Phi) is 6.74. The fourth-order valence-electron chi connectivity index (χ4n) is 3.44. The van der Waals surface area contributed by atoms with Crippen LogP contribution in [0.2, 0.25) is 0 Å². The van der Waals surface area contributed by atoms with Gasteiger partial charge >= 0.3 is 6.03 Å². The second-order valence-electron chi connectivity index (χ2n) is 7.47. The smallest absolute Gasteiger partial charge is 0.317 e. The van der Waals surface area contributed by atoms with E-state index in [1.54, 1.807) is 24.4 Å². The van der Waals surface area contributed by atoms with E-state index >= 15 is 0 Å². The van der Waals surface area contributed by atoms with Crippen molar-refractivity contribution >= 4 is 6.03 Å². The summed E-state index contributed by atoms with van der Waals surface area (Å²) in [5.41, 5.74) is 2.17. The van der Waals surface area contributed by atoms with Gasteiger partial charge in [-0.1, -0.05) is 36.4 Å². The number of carbonyl (C=O) groups excluding carboxylic acids is 1. The number of hydrogen-bond acceptors (Lipinski definition) is 4. The molecule has 4 rings (SSSR count). The fraction of sp³-hybridized carbons (Fsp3) is 0.250. The van der Waals surface area contributed by atoms with Crippen LogP contribution in [0.3, 0.4) is 0 Å². The quantitative estimate of drug-likeness (QED) is 0.654. The van der Waals surface area contributed by atoms with E-state index < -0.39 is 0 Å². The molecule has 1 aliphatic rings. The number of halogens is 1. The molecule has 7 heteroatoms. The molecule has 0 radical (unpaired) electrons. The van der Waals surface area contributed by atoms with Crippen LogP contribution >= 0.6 is 0 Å². The zero-order chi connectivity index (χ0) is 21.5. The highest BCUT2D eigenvalue weighted by Gasteiger charge is 2.20. The molecule has 0 unspecified atom stereocenters. The van der Waals surface area contributed by atoms with Crippen molar-refractivity contribution in [3.63, 3.8) is 0 Å². The minimum absolute atomic E-state index is 0.0639. The van der Waals surface area contributed by atoms with Gasteiger partial charge in [-0.15, -0.1) is 0 Å². The van der Waals surface area contributed by atoms with Gasteiger partial charge in [-0.25, -0.2) is 14.2 Å². The average Bonchev–Trinajstić information content (AvgIpc) is 2.81. The Bertz CT molecular complexity index is 973. The molecule has 1 fully saturated rings. The largest absolute Gasteiger partial charge is 0.439 e. The van der Waals surface area contributed by atoms with Gasteiger partial charge in [-0.3, -0.25) is 4.90 Å². The third-order valence-corrected chi connectivity index (χ3v) is 5.19. The van der Waals surface area contributed by atoms with Crippen LogP contribution in [-0.4, -0.2) is 47.0 Å². The minimum Gasteiger partial charge on any atom is -0.439 e. The fourth-order valence-corrected chi connectivity index (χ4v) is 3.44. The molecule has 2 aromatic carbocycles. The van der Waals surface area contributed by atoms with Crippen molar-refractivity contribution in [1.29, 1.82) is 0 Å². The molecule has 0 atom stereocenters. The van der Waals surface area contributed by atoms with Gasteiger partial charge in [-0.2, -0.15) is 0 Å². The molecular weight excluding hydrogens is 395 g/mol. The highest BCUT2D eigenvalue weighted by molar-refractivity contribution is 5.74.